The van der Waals surface area contributed by atoms with Crippen LogP contribution < -0.4 is 10.2 Å². The normalized spacial score (nSPS) is 12.0. The first-order valence-corrected chi connectivity index (χ1v) is 10.6. The number of rotatable bonds is 11. The standard InChI is InChI=1S/C25H28O5/c1-2-3-4-5-6-10-13-22(25(27)28)30-19-14-15-20-23(16-19)29-17-21(24(20)26)18-11-8-7-9-12-18/h7-9,11-12,14-17,22H,2-6,10,13H2,1H3,(H,27,28)/t22-/m1/s1. The molecule has 5 heteroatoms. The van der Waals surface area contributed by atoms with Gasteiger partial charge in [-0.2, -0.15) is 0 Å². The van der Waals surface area contributed by atoms with Gasteiger partial charge in [-0.15, -0.1) is 0 Å². The van der Waals surface area contributed by atoms with Crippen LogP contribution in [0.4, 0.5) is 0 Å². The van der Waals surface area contributed by atoms with Crippen LogP contribution in [-0.2, 0) is 4.79 Å². The zero-order chi connectivity index (χ0) is 21.3. The molecule has 3 rings (SSSR count). The van der Waals surface area contributed by atoms with E-state index in [9.17, 15) is 14.7 Å². The smallest absolute Gasteiger partial charge is 0.344 e. The van der Waals surface area contributed by atoms with E-state index in [-0.39, 0.29) is 5.43 Å². The van der Waals surface area contributed by atoms with Crippen molar-refractivity contribution in [1.82, 2.24) is 0 Å². The third-order valence-electron chi connectivity index (χ3n) is 5.20. The van der Waals surface area contributed by atoms with E-state index in [1.807, 2.05) is 30.3 Å². The van der Waals surface area contributed by atoms with Gasteiger partial charge in [-0.1, -0.05) is 69.4 Å². The molecular weight excluding hydrogens is 380 g/mol. The summed E-state index contributed by atoms with van der Waals surface area (Å²) in [5.74, 6) is -0.596. The summed E-state index contributed by atoms with van der Waals surface area (Å²) in [7, 11) is 0. The molecule has 0 aliphatic rings. The maximum Gasteiger partial charge on any atom is 0.344 e. The van der Waals surface area contributed by atoms with Crippen LogP contribution in [0.15, 0.2) is 64.0 Å². The number of carboxylic acids is 1. The van der Waals surface area contributed by atoms with Crippen molar-refractivity contribution in [3.8, 4) is 16.9 Å². The zero-order valence-electron chi connectivity index (χ0n) is 17.3. The highest BCUT2D eigenvalue weighted by Crippen LogP contribution is 2.24. The fourth-order valence-electron chi connectivity index (χ4n) is 3.51. The molecule has 0 radical (unpaired) electrons. The molecule has 1 atom stereocenters. The number of fused-ring (bicyclic) bond motifs is 1. The summed E-state index contributed by atoms with van der Waals surface area (Å²) in [6.07, 6.45) is 7.49. The van der Waals surface area contributed by atoms with Crippen LogP contribution in [0.25, 0.3) is 22.1 Å². The lowest BCUT2D eigenvalue weighted by Crippen LogP contribution is -2.26. The predicted octanol–water partition coefficient (Wildman–Crippen LogP) is 6.04. The fourth-order valence-corrected chi connectivity index (χ4v) is 3.51. The fraction of sp³-hybridized carbons (Fsp3) is 0.360. The van der Waals surface area contributed by atoms with Gasteiger partial charge in [0.2, 0.25) is 0 Å². The van der Waals surface area contributed by atoms with Gasteiger partial charge in [0.25, 0.3) is 0 Å². The van der Waals surface area contributed by atoms with E-state index in [1.165, 1.54) is 25.5 Å². The van der Waals surface area contributed by atoms with Gasteiger partial charge >= 0.3 is 5.97 Å². The largest absolute Gasteiger partial charge is 0.479 e. The van der Waals surface area contributed by atoms with Crippen LogP contribution in [-0.4, -0.2) is 17.2 Å². The zero-order valence-corrected chi connectivity index (χ0v) is 17.3. The maximum atomic E-state index is 12.8. The molecule has 0 fully saturated rings. The molecule has 0 amide bonds. The molecule has 5 nitrogen and oxygen atoms in total. The number of aliphatic carboxylic acids is 1. The van der Waals surface area contributed by atoms with Gasteiger partial charge in [0, 0.05) is 6.07 Å². The topological polar surface area (TPSA) is 76.7 Å². The molecular formula is C25H28O5. The Morgan fingerprint density at radius 2 is 1.77 bits per heavy atom. The molecule has 3 aromatic rings. The first-order valence-electron chi connectivity index (χ1n) is 10.6. The van der Waals surface area contributed by atoms with Crippen molar-refractivity contribution in [2.45, 2.75) is 58.0 Å². The second kappa shape index (κ2) is 10.6. The number of unbranched alkanes of at least 4 members (excludes halogenated alkanes) is 5. The molecule has 0 spiro atoms. The third-order valence-corrected chi connectivity index (χ3v) is 5.20. The summed E-state index contributed by atoms with van der Waals surface area (Å²) in [4.78, 5) is 24.4. The predicted molar refractivity (Wildman–Crippen MR) is 118 cm³/mol. The molecule has 2 aromatic carbocycles. The highest BCUT2D eigenvalue weighted by atomic mass is 16.5. The minimum absolute atomic E-state index is 0.129. The van der Waals surface area contributed by atoms with E-state index in [0.29, 0.717) is 28.7 Å². The Morgan fingerprint density at radius 3 is 2.50 bits per heavy atom. The van der Waals surface area contributed by atoms with Crippen molar-refractivity contribution in [3.63, 3.8) is 0 Å². The highest BCUT2D eigenvalue weighted by Gasteiger charge is 2.19. The van der Waals surface area contributed by atoms with E-state index in [2.05, 4.69) is 6.92 Å². The van der Waals surface area contributed by atoms with Gasteiger partial charge < -0.3 is 14.3 Å². The Morgan fingerprint density at radius 1 is 1.03 bits per heavy atom. The molecule has 0 aliphatic heterocycles. The van der Waals surface area contributed by atoms with Gasteiger partial charge in [-0.25, -0.2) is 4.79 Å². The van der Waals surface area contributed by atoms with E-state index >= 15 is 0 Å². The molecule has 0 saturated heterocycles. The maximum absolute atomic E-state index is 12.8. The summed E-state index contributed by atoms with van der Waals surface area (Å²) in [6.45, 7) is 2.17. The van der Waals surface area contributed by atoms with E-state index < -0.39 is 12.1 Å². The van der Waals surface area contributed by atoms with Gasteiger partial charge in [-0.3, -0.25) is 4.79 Å². The Bertz CT molecular complexity index is 1020. The minimum atomic E-state index is -0.982. The third kappa shape index (κ3) is 5.50. The van der Waals surface area contributed by atoms with Crippen LogP contribution in [0.2, 0.25) is 0 Å². The average molecular weight is 408 g/mol. The average Bonchev–Trinajstić information content (AvgIpc) is 2.76. The summed E-state index contributed by atoms with van der Waals surface area (Å²) in [5.41, 5.74) is 1.53. The molecule has 158 valence electrons. The minimum Gasteiger partial charge on any atom is -0.479 e. The molecule has 0 unspecified atom stereocenters. The van der Waals surface area contributed by atoms with Crippen LogP contribution >= 0.6 is 0 Å². The van der Waals surface area contributed by atoms with Gasteiger partial charge in [-0.05, 0) is 30.5 Å². The number of carbonyl (C=O) groups is 1. The van der Waals surface area contributed by atoms with Crippen molar-refractivity contribution >= 4 is 16.9 Å². The number of carboxylic acid groups (broad SMARTS) is 1. The lowest BCUT2D eigenvalue weighted by atomic mass is 10.1. The van der Waals surface area contributed by atoms with E-state index in [4.69, 9.17) is 9.15 Å². The van der Waals surface area contributed by atoms with Crippen molar-refractivity contribution in [2.75, 3.05) is 0 Å². The van der Waals surface area contributed by atoms with Crippen molar-refractivity contribution < 1.29 is 19.1 Å². The van der Waals surface area contributed by atoms with Crippen LogP contribution in [0.1, 0.15) is 51.9 Å². The van der Waals surface area contributed by atoms with E-state index in [1.54, 1.807) is 18.2 Å². The summed E-state index contributed by atoms with van der Waals surface area (Å²) < 4.78 is 11.4. The first-order chi connectivity index (χ1) is 14.6. The number of hydrogen-bond donors (Lipinski definition) is 1. The SMILES string of the molecule is CCCCCCCC[C@@H](Oc1ccc2c(=O)c(-c3ccccc3)coc2c1)C(=O)O. The van der Waals surface area contributed by atoms with Crippen LogP contribution in [0.5, 0.6) is 5.75 Å². The second-order valence-electron chi connectivity index (χ2n) is 7.50. The number of benzene rings is 2. The van der Waals surface area contributed by atoms with Gasteiger partial charge in [0.05, 0.1) is 10.9 Å². The van der Waals surface area contributed by atoms with Crippen molar-refractivity contribution in [1.29, 1.82) is 0 Å². The second-order valence-corrected chi connectivity index (χ2v) is 7.50. The quantitative estimate of drug-likeness (QED) is 0.391. The lowest BCUT2D eigenvalue weighted by Gasteiger charge is -2.15. The molecule has 0 aliphatic carbocycles. The molecule has 30 heavy (non-hydrogen) atoms. The highest BCUT2D eigenvalue weighted by molar-refractivity contribution is 5.82. The Balaban J connectivity index is 1.71. The Labute approximate surface area is 176 Å². The molecule has 1 aromatic heterocycles. The van der Waals surface area contributed by atoms with Gasteiger partial charge in [0.1, 0.15) is 17.6 Å². The first kappa shape index (κ1) is 21.6. The van der Waals surface area contributed by atoms with Crippen molar-refractivity contribution in [2.24, 2.45) is 0 Å². The Kier molecular flexibility index (Phi) is 7.66. The molecule has 0 saturated carbocycles. The van der Waals surface area contributed by atoms with Gasteiger partial charge in [0.15, 0.2) is 11.5 Å². The molecule has 1 N–H and O–H groups in total. The lowest BCUT2D eigenvalue weighted by molar-refractivity contribution is -0.145. The molecule has 1 heterocycles. The van der Waals surface area contributed by atoms with Crippen molar-refractivity contribution in [3.05, 3.63) is 65.0 Å². The van der Waals surface area contributed by atoms with E-state index in [0.717, 1.165) is 24.8 Å². The van der Waals surface area contributed by atoms with Crippen LogP contribution in [0, 0.1) is 0 Å². The van der Waals surface area contributed by atoms with Crippen LogP contribution in [0.3, 0.4) is 0 Å². The molecule has 0 bridgehead atoms. The monoisotopic (exact) mass is 408 g/mol. The summed E-state index contributed by atoms with van der Waals surface area (Å²) >= 11 is 0. The summed E-state index contributed by atoms with van der Waals surface area (Å²) in [6, 6.07) is 14.2. The summed E-state index contributed by atoms with van der Waals surface area (Å²) in [5, 5.41) is 9.93. The Hall–Kier alpha value is -3.08. The number of ether oxygens (including phenoxy) is 1. The number of hydrogen-bond acceptors (Lipinski definition) is 4.